The Morgan fingerprint density at radius 1 is 0.912 bits per heavy atom. The molecule has 0 fully saturated rings. The van der Waals surface area contributed by atoms with Gasteiger partial charge in [-0.15, -0.1) is 0 Å². The zero-order valence-electron chi connectivity index (χ0n) is 18.3. The molecule has 174 valence electrons. The lowest BCUT2D eigenvalue weighted by Gasteiger charge is -2.46. The van der Waals surface area contributed by atoms with E-state index in [1.54, 1.807) is 11.8 Å². The minimum Gasteiger partial charge on any atom is -0.478 e. The van der Waals surface area contributed by atoms with E-state index in [9.17, 15) is 14.7 Å². The van der Waals surface area contributed by atoms with Gasteiger partial charge in [-0.3, -0.25) is 0 Å². The lowest BCUT2D eigenvalue weighted by Crippen LogP contribution is -2.50. The number of benzene rings is 3. The van der Waals surface area contributed by atoms with E-state index in [-0.39, 0.29) is 24.4 Å². The molecule has 0 saturated heterocycles. The molecular weight excluding hydrogens is 564 g/mol. The molecule has 1 unspecified atom stereocenters. The number of carbonyl (C=O) groups is 2. The van der Waals surface area contributed by atoms with Gasteiger partial charge in [0.25, 0.3) is 0 Å². The average molecular weight is 586 g/mol. The number of carboxylic acids is 1. The Morgan fingerprint density at radius 3 is 2.00 bits per heavy atom. The normalized spacial score (nSPS) is 15.9. The fourth-order valence-electron chi connectivity index (χ4n) is 4.02. The van der Waals surface area contributed by atoms with E-state index in [0.29, 0.717) is 5.69 Å². The number of halogens is 2. The van der Waals surface area contributed by atoms with E-state index in [4.69, 9.17) is 4.74 Å². The van der Waals surface area contributed by atoms with E-state index >= 15 is 0 Å². The highest BCUT2D eigenvalue weighted by molar-refractivity contribution is 9.10. The van der Waals surface area contributed by atoms with E-state index in [1.807, 2.05) is 83.8 Å². The van der Waals surface area contributed by atoms with Crippen LogP contribution in [0.25, 0.3) is 0 Å². The molecule has 0 aromatic heterocycles. The number of ether oxygens (including phenoxy) is 1. The number of hydrogen-bond donors (Lipinski definition) is 1. The summed E-state index contributed by atoms with van der Waals surface area (Å²) < 4.78 is 7.12. The van der Waals surface area contributed by atoms with E-state index in [0.717, 1.165) is 20.2 Å². The lowest BCUT2D eigenvalue weighted by atomic mass is 9.99. The maximum absolute atomic E-state index is 13.2. The second-order valence-corrected chi connectivity index (χ2v) is 9.42. The summed E-state index contributed by atoms with van der Waals surface area (Å²) in [6, 6.07) is 24.8. The van der Waals surface area contributed by atoms with Gasteiger partial charge in [0.15, 0.2) is 0 Å². The molecule has 3 aromatic carbocycles. The van der Waals surface area contributed by atoms with Crippen LogP contribution in [0, 0.1) is 0 Å². The van der Waals surface area contributed by atoms with Crippen LogP contribution in [0.5, 0.6) is 0 Å². The molecule has 0 bridgehead atoms. The number of aliphatic carboxylic acids is 1. The summed E-state index contributed by atoms with van der Waals surface area (Å²) in [5.74, 6) is -1.84. The Bertz CT molecular complexity index is 1210. The fourth-order valence-corrected chi connectivity index (χ4v) is 4.55. The Labute approximate surface area is 214 Å². The van der Waals surface area contributed by atoms with Gasteiger partial charge in [0.2, 0.25) is 0 Å². The molecule has 1 aliphatic rings. The van der Waals surface area contributed by atoms with Crippen molar-refractivity contribution >= 4 is 55.2 Å². The minimum atomic E-state index is -1.17. The zero-order valence-corrected chi connectivity index (χ0v) is 21.5. The molecule has 0 aliphatic carbocycles. The Balaban J connectivity index is 2.01. The second kappa shape index (κ2) is 10.4. The van der Waals surface area contributed by atoms with Crippen LogP contribution in [0.3, 0.4) is 0 Å². The third-order valence-corrected chi connectivity index (χ3v) is 6.54. The van der Waals surface area contributed by atoms with Crippen LogP contribution in [0.15, 0.2) is 99.1 Å². The molecule has 1 aliphatic heterocycles. The van der Waals surface area contributed by atoms with Crippen LogP contribution < -0.4 is 9.80 Å². The SMILES string of the molecule is CCOC(=O)C1=C(C(=O)O)CN(c2ccc(Br)cc2)C(c2ccccc2)N1c1ccc(Br)cc1. The molecule has 0 spiro atoms. The van der Waals surface area contributed by atoms with Crippen LogP contribution in [-0.2, 0) is 14.3 Å². The van der Waals surface area contributed by atoms with Gasteiger partial charge in [-0.25, -0.2) is 9.59 Å². The predicted molar refractivity (Wildman–Crippen MR) is 139 cm³/mol. The minimum absolute atomic E-state index is 0.0255. The van der Waals surface area contributed by atoms with Gasteiger partial charge < -0.3 is 19.6 Å². The molecule has 0 amide bonds. The maximum atomic E-state index is 13.2. The molecule has 0 radical (unpaired) electrons. The van der Waals surface area contributed by atoms with E-state index < -0.39 is 18.1 Å². The number of nitrogens with zero attached hydrogens (tertiary/aromatic N) is 2. The monoisotopic (exact) mass is 584 g/mol. The van der Waals surface area contributed by atoms with Gasteiger partial charge in [0, 0.05) is 20.3 Å². The topological polar surface area (TPSA) is 70.1 Å². The largest absolute Gasteiger partial charge is 0.478 e. The van der Waals surface area contributed by atoms with Crippen molar-refractivity contribution in [3.05, 3.63) is 105 Å². The van der Waals surface area contributed by atoms with Crippen molar-refractivity contribution in [2.75, 3.05) is 23.0 Å². The first-order valence-electron chi connectivity index (χ1n) is 10.7. The highest BCUT2D eigenvalue weighted by Gasteiger charge is 2.42. The molecule has 6 nitrogen and oxygen atoms in total. The van der Waals surface area contributed by atoms with Crippen molar-refractivity contribution in [2.45, 2.75) is 13.1 Å². The number of anilines is 2. The number of carbonyl (C=O) groups excluding carboxylic acids is 1. The van der Waals surface area contributed by atoms with Crippen LogP contribution in [0.2, 0.25) is 0 Å². The summed E-state index contributed by atoms with van der Waals surface area (Å²) in [7, 11) is 0. The van der Waals surface area contributed by atoms with Gasteiger partial charge in [-0.2, -0.15) is 0 Å². The smallest absolute Gasteiger partial charge is 0.355 e. The first-order chi connectivity index (χ1) is 16.4. The van der Waals surface area contributed by atoms with E-state index in [2.05, 4.69) is 31.9 Å². The molecule has 3 aromatic rings. The highest BCUT2D eigenvalue weighted by atomic mass is 79.9. The molecule has 1 N–H and O–H groups in total. The first-order valence-corrected chi connectivity index (χ1v) is 12.2. The first kappa shape index (κ1) is 24.0. The van der Waals surface area contributed by atoms with Crippen LogP contribution >= 0.6 is 31.9 Å². The van der Waals surface area contributed by atoms with Gasteiger partial charge >= 0.3 is 11.9 Å². The Morgan fingerprint density at radius 2 is 1.47 bits per heavy atom. The van der Waals surface area contributed by atoms with Crippen LogP contribution in [0.1, 0.15) is 18.7 Å². The van der Waals surface area contributed by atoms with Gasteiger partial charge in [-0.05, 0) is 61.0 Å². The van der Waals surface area contributed by atoms with Gasteiger partial charge in [-0.1, -0.05) is 62.2 Å². The summed E-state index contributed by atoms with van der Waals surface area (Å²) >= 11 is 6.93. The quantitative estimate of drug-likeness (QED) is 0.351. The van der Waals surface area contributed by atoms with Crippen molar-refractivity contribution in [3.8, 4) is 0 Å². The van der Waals surface area contributed by atoms with Crippen LogP contribution in [0.4, 0.5) is 11.4 Å². The number of carboxylic acid groups (broad SMARTS) is 1. The summed E-state index contributed by atoms with van der Waals surface area (Å²) in [6.45, 7) is 1.86. The molecular formula is C26H22Br2N2O4. The van der Waals surface area contributed by atoms with Crippen molar-refractivity contribution in [2.24, 2.45) is 0 Å². The van der Waals surface area contributed by atoms with Gasteiger partial charge in [0.05, 0.1) is 18.7 Å². The summed E-state index contributed by atoms with van der Waals surface area (Å²) in [5.41, 5.74) is 2.39. The van der Waals surface area contributed by atoms with Crippen molar-refractivity contribution < 1.29 is 19.4 Å². The second-order valence-electron chi connectivity index (χ2n) is 7.59. The maximum Gasteiger partial charge on any atom is 0.355 e. The third kappa shape index (κ3) is 4.88. The fraction of sp³-hybridized carbons (Fsp3) is 0.154. The van der Waals surface area contributed by atoms with E-state index in [1.165, 1.54) is 0 Å². The van der Waals surface area contributed by atoms with Gasteiger partial charge in [0.1, 0.15) is 11.9 Å². The lowest BCUT2D eigenvalue weighted by molar-refractivity contribution is -0.140. The molecule has 4 rings (SSSR count). The number of rotatable bonds is 6. The van der Waals surface area contributed by atoms with Crippen molar-refractivity contribution in [1.29, 1.82) is 0 Å². The standard InChI is InChI=1S/C26H22Br2N2O4/c1-2-34-26(33)23-22(25(31)32)16-29(20-12-8-18(27)9-13-20)24(17-6-4-3-5-7-17)30(23)21-14-10-19(28)11-15-21/h3-15,24H,2,16H2,1H3,(H,31,32). The number of esters is 1. The third-order valence-electron chi connectivity index (χ3n) is 5.48. The van der Waals surface area contributed by atoms with Crippen molar-refractivity contribution in [1.82, 2.24) is 0 Å². The average Bonchev–Trinajstić information content (AvgIpc) is 2.84. The highest BCUT2D eigenvalue weighted by Crippen LogP contribution is 2.42. The zero-order chi connectivity index (χ0) is 24.2. The molecule has 34 heavy (non-hydrogen) atoms. The molecule has 8 heteroatoms. The summed E-state index contributed by atoms with van der Waals surface area (Å²) in [5, 5.41) is 10.2. The Kier molecular flexibility index (Phi) is 7.38. The predicted octanol–water partition coefficient (Wildman–Crippen LogP) is 6.14. The summed E-state index contributed by atoms with van der Waals surface area (Å²) in [4.78, 5) is 29.4. The Hall–Kier alpha value is -3.10. The molecule has 0 saturated carbocycles. The molecule has 1 atom stereocenters. The van der Waals surface area contributed by atoms with Crippen LogP contribution in [-0.4, -0.2) is 30.2 Å². The summed E-state index contributed by atoms with van der Waals surface area (Å²) in [6.07, 6.45) is -0.494. The van der Waals surface area contributed by atoms with Crippen molar-refractivity contribution in [3.63, 3.8) is 0 Å². The molecule has 1 heterocycles. The number of hydrogen-bond acceptors (Lipinski definition) is 5.